The number of halogens is 1. The molecule has 1 amide bonds. The van der Waals surface area contributed by atoms with Gasteiger partial charge < -0.3 is 15.3 Å². The minimum atomic E-state index is -0.270. The molecule has 2 N–H and O–H groups in total. The van der Waals surface area contributed by atoms with Crippen LogP contribution in [0.5, 0.6) is 0 Å². The molecule has 0 spiro atoms. The number of nitrogens with zero attached hydrogens (tertiary/aromatic N) is 2. The van der Waals surface area contributed by atoms with Crippen LogP contribution < -0.4 is 10.2 Å². The Balaban J connectivity index is 1.48. The monoisotopic (exact) mass is 437 g/mol. The molecule has 7 heteroatoms. The van der Waals surface area contributed by atoms with E-state index in [1.54, 1.807) is 12.1 Å². The van der Waals surface area contributed by atoms with E-state index in [-0.39, 0.29) is 12.0 Å². The highest BCUT2D eigenvalue weighted by Gasteiger charge is 2.20. The number of hydrogen-bond donors (Lipinski definition) is 2. The van der Waals surface area contributed by atoms with Crippen molar-refractivity contribution in [2.24, 2.45) is 0 Å². The normalized spacial score (nSPS) is 14.4. The summed E-state index contributed by atoms with van der Waals surface area (Å²) in [6.07, 6.45) is 1.11. The Morgan fingerprint density at radius 2 is 1.87 bits per heavy atom. The Bertz CT molecular complexity index is 1100. The predicted molar refractivity (Wildman–Crippen MR) is 121 cm³/mol. The molecular weight excluding hydrogens is 418 g/mol. The molecule has 5 nitrogen and oxygen atoms in total. The van der Waals surface area contributed by atoms with Gasteiger partial charge >= 0.3 is 0 Å². The van der Waals surface area contributed by atoms with E-state index in [9.17, 15) is 15.2 Å². The quantitative estimate of drug-likeness (QED) is 0.591. The molecule has 1 aliphatic heterocycles. The van der Waals surface area contributed by atoms with E-state index in [1.165, 1.54) is 11.3 Å². The zero-order valence-electron chi connectivity index (χ0n) is 16.1. The van der Waals surface area contributed by atoms with E-state index in [1.807, 2.05) is 42.5 Å². The zero-order chi connectivity index (χ0) is 21.1. The number of nitrogens with one attached hydrogen (secondary N) is 1. The third-order valence-electron chi connectivity index (χ3n) is 5.14. The fraction of sp³-hybridized carbons (Fsp3) is 0.217. The second kappa shape index (κ2) is 8.88. The summed E-state index contributed by atoms with van der Waals surface area (Å²) < 4.78 is 0. The molecule has 0 unspecified atom stereocenters. The lowest BCUT2D eigenvalue weighted by molar-refractivity contribution is 0.103. The van der Waals surface area contributed by atoms with Crippen LogP contribution in [0.1, 0.15) is 28.1 Å². The van der Waals surface area contributed by atoms with Crippen LogP contribution in [0.3, 0.4) is 0 Å². The van der Waals surface area contributed by atoms with Gasteiger partial charge in [0.1, 0.15) is 6.07 Å². The van der Waals surface area contributed by atoms with E-state index >= 15 is 0 Å². The van der Waals surface area contributed by atoms with Crippen molar-refractivity contribution in [2.45, 2.75) is 18.9 Å². The molecule has 0 radical (unpaired) electrons. The van der Waals surface area contributed by atoms with Crippen LogP contribution in [0.25, 0.3) is 10.4 Å². The number of aliphatic hydroxyl groups is 1. The van der Waals surface area contributed by atoms with Crippen molar-refractivity contribution < 1.29 is 9.90 Å². The summed E-state index contributed by atoms with van der Waals surface area (Å²) in [6.45, 7) is 1.43. The molecule has 3 aromatic rings. The van der Waals surface area contributed by atoms with E-state index < -0.39 is 0 Å². The number of thiophene rings is 1. The maximum absolute atomic E-state index is 12.7. The number of rotatable bonds is 4. The number of carbonyl (C=O) groups excluding carboxylic acids is 1. The van der Waals surface area contributed by atoms with Gasteiger partial charge in [-0.2, -0.15) is 5.26 Å². The molecule has 1 aromatic heterocycles. The first-order valence-corrected chi connectivity index (χ1v) is 10.9. The van der Waals surface area contributed by atoms with E-state index in [0.29, 0.717) is 47.1 Å². The summed E-state index contributed by atoms with van der Waals surface area (Å²) in [6, 6.07) is 18.8. The Hall–Kier alpha value is -2.85. The van der Waals surface area contributed by atoms with Gasteiger partial charge in [-0.1, -0.05) is 23.7 Å². The van der Waals surface area contributed by atoms with Crippen molar-refractivity contribution in [2.75, 3.05) is 23.3 Å². The van der Waals surface area contributed by atoms with Gasteiger partial charge in [-0.3, -0.25) is 4.79 Å². The van der Waals surface area contributed by atoms with Crippen LogP contribution in [-0.2, 0) is 0 Å². The second-order valence-electron chi connectivity index (χ2n) is 7.19. The van der Waals surface area contributed by atoms with Gasteiger partial charge in [0.2, 0.25) is 0 Å². The van der Waals surface area contributed by atoms with Gasteiger partial charge in [0.15, 0.2) is 0 Å². The van der Waals surface area contributed by atoms with Gasteiger partial charge in [-0.25, -0.2) is 0 Å². The number of anilines is 2. The van der Waals surface area contributed by atoms with E-state index in [4.69, 9.17) is 11.6 Å². The van der Waals surface area contributed by atoms with Crippen LogP contribution >= 0.6 is 22.9 Å². The highest BCUT2D eigenvalue weighted by atomic mass is 35.5. The zero-order valence-corrected chi connectivity index (χ0v) is 17.7. The van der Waals surface area contributed by atoms with Crippen molar-refractivity contribution in [3.05, 3.63) is 70.1 Å². The van der Waals surface area contributed by atoms with Gasteiger partial charge in [0, 0.05) is 28.7 Å². The largest absolute Gasteiger partial charge is 0.393 e. The maximum atomic E-state index is 12.7. The standard InChI is InChI=1S/C23H20ClN3O2S/c24-17-3-1-15(2-4-17)21-7-8-22(30-21)23(29)26-18-5-6-20(16(13-18)14-25)27-11-9-19(28)10-12-27/h1-8,13,19,28H,9-12H2,(H,26,29). The van der Waals surface area contributed by atoms with Gasteiger partial charge in [-0.15, -0.1) is 11.3 Å². The molecule has 4 rings (SSSR count). The molecular formula is C23H20ClN3O2S. The number of hydrogen-bond acceptors (Lipinski definition) is 5. The van der Waals surface area contributed by atoms with Crippen molar-refractivity contribution in [3.63, 3.8) is 0 Å². The molecule has 1 saturated heterocycles. The molecule has 1 fully saturated rings. The fourth-order valence-electron chi connectivity index (χ4n) is 3.51. The van der Waals surface area contributed by atoms with Crippen LogP contribution in [-0.4, -0.2) is 30.2 Å². The molecule has 1 aliphatic rings. The van der Waals surface area contributed by atoms with Crippen LogP contribution in [0.2, 0.25) is 5.02 Å². The van der Waals surface area contributed by atoms with E-state index in [0.717, 1.165) is 16.1 Å². The van der Waals surface area contributed by atoms with Gasteiger partial charge in [0.05, 0.1) is 22.2 Å². The Morgan fingerprint density at radius 3 is 2.57 bits per heavy atom. The Labute approximate surface area is 184 Å². The Morgan fingerprint density at radius 1 is 1.13 bits per heavy atom. The highest BCUT2D eigenvalue weighted by molar-refractivity contribution is 7.17. The first-order chi connectivity index (χ1) is 14.5. The number of carbonyl (C=O) groups is 1. The maximum Gasteiger partial charge on any atom is 0.265 e. The number of nitriles is 1. The third kappa shape index (κ3) is 4.49. The first kappa shape index (κ1) is 20.4. The summed E-state index contributed by atoms with van der Waals surface area (Å²) in [4.78, 5) is 16.4. The molecule has 0 bridgehead atoms. The highest BCUT2D eigenvalue weighted by Crippen LogP contribution is 2.30. The lowest BCUT2D eigenvalue weighted by atomic mass is 10.0. The lowest BCUT2D eigenvalue weighted by Gasteiger charge is -2.32. The van der Waals surface area contributed by atoms with E-state index in [2.05, 4.69) is 16.3 Å². The van der Waals surface area contributed by atoms with Crippen LogP contribution in [0.4, 0.5) is 11.4 Å². The number of benzene rings is 2. The Kier molecular flexibility index (Phi) is 6.05. The average Bonchev–Trinajstić information content (AvgIpc) is 3.25. The van der Waals surface area contributed by atoms with Crippen molar-refractivity contribution in [1.82, 2.24) is 0 Å². The summed E-state index contributed by atoms with van der Waals surface area (Å²) in [5, 5.41) is 22.8. The molecule has 30 heavy (non-hydrogen) atoms. The predicted octanol–water partition coefficient (Wildman–Crippen LogP) is 5.15. The average molecular weight is 438 g/mol. The molecule has 0 aliphatic carbocycles. The smallest absolute Gasteiger partial charge is 0.265 e. The van der Waals surface area contributed by atoms with Crippen molar-refractivity contribution in [1.29, 1.82) is 5.26 Å². The SMILES string of the molecule is N#Cc1cc(NC(=O)c2ccc(-c3ccc(Cl)cc3)s2)ccc1N1CCC(O)CC1. The van der Waals surface area contributed by atoms with Crippen LogP contribution in [0.15, 0.2) is 54.6 Å². The summed E-state index contributed by atoms with van der Waals surface area (Å²) in [5.41, 5.74) is 2.94. The summed E-state index contributed by atoms with van der Waals surface area (Å²) in [7, 11) is 0. The fourth-order valence-corrected chi connectivity index (χ4v) is 4.54. The lowest BCUT2D eigenvalue weighted by Crippen LogP contribution is -2.36. The minimum absolute atomic E-state index is 0.210. The minimum Gasteiger partial charge on any atom is -0.393 e. The van der Waals surface area contributed by atoms with Crippen LogP contribution in [0, 0.1) is 11.3 Å². The molecule has 0 atom stereocenters. The topological polar surface area (TPSA) is 76.4 Å². The number of piperidine rings is 1. The van der Waals surface area contributed by atoms with Gasteiger partial charge in [0.25, 0.3) is 5.91 Å². The molecule has 0 saturated carbocycles. The number of aliphatic hydroxyl groups excluding tert-OH is 1. The molecule has 2 aromatic carbocycles. The molecule has 2 heterocycles. The number of amides is 1. The third-order valence-corrected chi connectivity index (χ3v) is 6.52. The summed E-state index contributed by atoms with van der Waals surface area (Å²) >= 11 is 7.34. The summed E-state index contributed by atoms with van der Waals surface area (Å²) in [5.74, 6) is -0.210. The first-order valence-electron chi connectivity index (χ1n) is 9.68. The van der Waals surface area contributed by atoms with Gasteiger partial charge in [-0.05, 0) is 60.9 Å². The molecule has 152 valence electrons. The van der Waals surface area contributed by atoms with Crippen molar-refractivity contribution >= 4 is 40.2 Å². The second-order valence-corrected chi connectivity index (χ2v) is 8.71. The van der Waals surface area contributed by atoms with Crippen molar-refractivity contribution in [3.8, 4) is 16.5 Å².